The Labute approximate surface area is 268 Å². The van der Waals surface area contributed by atoms with Crippen LogP contribution in [-0.2, 0) is 0 Å². The number of thiophene rings is 4. The van der Waals surface area contributed by atoms with Gasteiger partial charge in [0.1, 0.15) is 0 Å². The van der Waals surface area contributed by atoms with Crippen LogP contribution in [0, 0.1) is 0 Å². The Balaban J connectivity index is 0.940. The lowest BCUT2D eigenvalue weighted by molar-refractivity contribution is 1.25. The van der Waals surface area contributed by atoms with Crippen LogP contribution >= 0.6 is 45.3 Å². The third-order valence-corrected chi connectivity index (χ3v) is 13.5. The average Bonchev–Trinajstić information content (AvgIpc) is 3.82. The molecule has 10 rings (SSSR count). The zero-order chi connectivity index (χ0) is 28.8. The van der Waals surface area contributed by atoms with E-state index in [1.165, 1.54) is 70.3 Å². The maximum atomic E-state index is 4.81. The number of pyridine rings is 2. The van der Waals surface area contributed by atoms with E-state index in [1.54, 1.807) is 0 Å². The van der Waals surface area contributed by atoms with Crippen molar-refractivity contribution in [1.82, 2.24) is 9.97 Å². The van der Waals surface area contributed by atoms with E-state index in [9.17, 15) is 0 Å². The van der Waals surface area contributed by atoms with E-state index in [0.717, 1.165) is 22.5 Å². The van der Waals surface area contributed by atoms with E-state index in [0.29, 0.717) is 0 Å². The van der Waals surface area contributed by atoms with Crippen LogP contribution in [0.5, 0.6) is 0 Å². The first-order valence-electron chi connectivity index (χ1n) is 14.4. The highest BCUT2D eigenvalue weighted by Crippen LogP contribution is 2.46. The van der Waals surface area contributed by atoms with Gasteiger partial charge in [0.25, 0.3) is 0 Å². The Morgan fingerprint density at radius 2 is 0.727 bits per heavy atom. The van der Waals surface area contributed by atoms with Gasteiger partial charge in [0, 0.05) is 63.9 Å². The highest BCUT2D eigenvalue weighted by molar-refractivity contribution is 7.37. The van der Waals surface area contributed by atoms with E-state index >= 15 is 0 Å². The molecular weight excluding hydrogens is 613 g/mol. The molecule has 0 aliphatic carbocycles. The predicted octanol–water partition coefficient (Wildman–Crippen LogP) is 12.6. The average molecular weight is 633 g/mol. The van der Waals surface area contributed by atoms with Crippen molar-refractivity contribution in [2.75, 3.05) is 0 Å². The fraction of sp³-hybridized carbons (Fsp3) is 0. The van der Waals surface area contributed by atoms with Crippen LogP contribution < -0.4 is 0 Å². The van der Waals surface area contributed by atoms with Crippen LogP contribution in [0.2, 0.25) is 0 Å². The zero-order valence-electron chi connectivity index (χ0n) is 23.1. The maximum absolute atomic E-state index is 4.81. The molecule has 2 nitrogen and oxygen atoms in total. The lowest BCUT2D eigenvalue weighted by Crippen LogP contribution is -1.89. The molecule has 0 spiro atoms. The third kappa shape index (κ3) is 3.75. The number of hydrogen-bond donors (Lipinski definition) is 0. The van der Waals surface area contributed by atoms with E-state index in [1.807, 2.05) is 57.7 Å². The zero-order valence-corrected chi connectivity index (χ0v) is 26.3. The van der Waals surface area contributed by atoms with Gasteiger partial charge in [-0.25, -0.2) is 0 Å². The van der Waals surface area contributed by atoms with Crippen molar-refractivity contribution >= 4 is 104 Å². The van der Waals surface area contributed by atoms with Crippen molar-refractivity contribution in [3.8, 4) is 33.6 Å². The second-order valence-electron chi connectivity index (χ2n) is 11.0. The predicted molar refractivity (Wildman–Crippen MR) is 195 cm³/mol. The SMILES string of the molecule is c1ccc2c(c1)sc1c3ccc(-c4ccc(-c5ccc(-c6ccc7c(c6)sc6c8ccccc8sc76)cn5)nc4)cc3sc21. The first kappa shape index (κ1) is 24.9. The second kappa shape index (κ2) is 9.52. The van der Waals surface area contributed by atoms with Crippen molar-refractivity contribution in [3.05, 3.63) is 122 Å². The first-order valence-corrected chi connectivity index (χ1v) is 17.6. The van der Waals surface area contributed by atoms with Crippen LogP contribution in [0.4, 0.5) is 0 Å². The lowest BCUT2D eigenvalue weighted by Gasteiger charge is -2.06. The molecule has 0 unspecified atom stereocenters. The van der Waals surface area contributed by atoms with Gasteiger partial charge < -0.3 is 0 Å². The van der Waals surface area contributed by atoms with Crippen LogP contribution in [0.3, 0.4) is 0 Å². The van der Waals surface area contributed by atoms with E-state index in [2.05, 4.69) is 109 Å². The Morgan fingerprint density at radius 3 is 1.16 bits per heavy atom. The minimum Gasteiger partial charge on any atom is -0.254 e. The standard InChI is InChI=1S/C38H20N2S4/c1-3-7-31-25(5-1)35-37(41-31)27-13-9-21(17-33(27)43-35)23-11-15-29(39-19-23)30-16-12-24(20-40-30)22-10-14-28-34(18-22)44-36-26-6-2-4-8-32(26)42-38(28)36/h1-20H. The molecule has 0 amide bonds. The number of aromatic nitrogens is 2. The molecular formula is C38H20N2S4. The number of fused-ring (bicyclic) bond motifs is 10. The molecule has 0 aliphatic rings. The molecule has 0 atom stereocenters. The van der Waals surface area contributed by atoms with E-state index in [4.69, 9.17) is 9.97 Å². The molecule has 0 saturated carbocycles. The summed E-state index contributed by atoms with van der Waals surface area (Å²) in [5.41, 5.74) is 6.37. The van der Waals surface area contributed by atoms with Gasteiger partial charge in [-0.15, -0.1) is 45.3 Å². The minimum absolute atomic E-state index is 0.880. The van der Waals surface area contributed by atoms with Crippen LogP contribution in [0.15, 0.2) is 122 Å². The van der Waals surface area contributed by atoms with Gasteiger partial charge in [-0.3, -0.25) is 9.97 Å². The number of rotatable bonds is 3. The quantitative estimate of drug-likeness (QED) is 0.194. The summed E-state index contributed by atoms with van der Waals surface area (Å²) >= 11 is 7.56. The van der Waals surface area contributed by atoms with Crippen molar-refractivity contribution in [3.63, 3.8) is 0 Å². The van der Waals surface area contributed by atoms with Crippen LogP contribution in [0.25, 0.3) is 92.8 Å². The third-order valence-electron chi connectivity index (χ3n) is 8.43. The molecule has 0 bridgehead atoms. The number of nitrogens with zero attached hydrogens (tertiary/aromatic N) is 2. The molecule has 0 aliphatic heterocycles. The normalized spacial score (nSPS) is 12.1. The summed E-state index contributed by atoms with van der Waals surface area (Å²) in [6.45, 7) is 0. The minimum atomic E-state index is 0.880. The van der Waals surface area contributed by atoms with Crippen molar-refractivity contribution in [2.24, 2.45) is 0 Å². The summed E-state index contributed by atoms with van der Waals surface area (Å²) in [7, 11) is 0. The smallest absolute Gasteiger partial charge is 0.0886 e. The summed E-state index contributed by atoms with van der Waals surface area (Å²) in [6, 6.07) is 39.5. The largest absolute Gasteiger partial charge is 0.254 e. The summed E-state index contributed by atoms with van der Waals surface area (Å²) in [4.78, 5) is 9.62. The number of hydrogen-bond acceptors (Lipinski definition) is 6. The van der Waals surface area contributed by atoms with Gasteiger partial charge in [-0.1, -0.05) is 72.8 Å². The Morgan fingerprint density at radius 1 is 0.341 bits per heavy atom. The van der Waals surface area contributed by atoms with Gasteiger partial charge in [0.2, 0.25) is 0 Å². The number of benzene rings is 4. The second-order valence-corrected chi connectivity index (χ2v) is 15.2. The molecule has 44 heavy (non-hydrogen) atoms. The maximum Gasteiger partial charge on any atom is 0.0886 e. The molecule has 0 saturated heterocycles. The van der Waals surface area contributed by atoms with Gasteiger partial charge in [0.05, 0.1) is 30.2 Å². The Hall–Kier alpha value is -4.46. The fourth-order valence-corrected chi connectivity index (χ4v) is 11.6. The van der Waals surface area contributed by atoms with Gasteiger partial charge in [-0.2, -0.15) is 0 Å². The van der Waals surface area contributed by atoms with Gasteiger partial charge >= 0.3 is 0 Å². The topological polar surface area (TPSA) is 25.8 Å². The first-order chi connectivity index (χ1) is 21.8. The molecule has 6 heteroatoms. The molecule has 6 aromatic heterocycles. The summed E-state index contributed by atoms with van der Waals surface area (Å²) in [5.74, 6) is 0. The molecule has 0 N–H and O–H groups in total. The van der Waals surface area contributed by atoms with Crippen molar-refractivity contribution in [2.45, 2.75) is 0 Å². The molecule has 0 fully saturated rings. The summed E-state index contributed by atoms with van der Waals surface area (Å²) in [5, 5.41) is 5.41. The van der Waals surface area contributed by atoms with E-state index in [-0.39, 0.29) is 0 Å². The molecule has 0 radical (unpaired) electrons. The van der Waals surface area contributed by atoms with Crippen molar-refractivity contribution < 1.29 is 0 Å². The van der Waals surface area contributed by atoms with Crippen LogP contribution in [-0.4, -0.2) is 9.97 Å². The fourth-order valence-electron chi connectivity index (χ4n) is 6.20. The monoisotopic (exact) mass is 632 g/mol. The summed E-state index contributed by atoms with van der Waals surface area (Å²) < 4.78 is 10.9. The van der Waals surface area contributed by atoms with E-state index < -0.39 is 0 Å². The highest BCUT2D eigenvalue weighted by Gasteiger charge is 2.14. The van der Waals surface area contributed by atoms with Crippen LogP contribution in [0.1, 0.15) is 0 Å². The van der Waals surface area contributed by atoms with Crippen molar-refractivity contribution in [1.29, 1.82) is 0 Å². The molecule has 4 aromatic carbocycles. The van der Waals surface area contributed by atoms with Gasteiger partial charge in [-0.05, 0) is 47.5 Å². The molecule has 206 valence electrons. The Bertz CT molecular complexity index is 2520. The molecule has 10 aromatic rings. The lowest BCUT2D eigenvalue weighted by atomic mass is 10.0. The summed E-state index contributed by atoms with van der Waals surface area (Å²) in [6.07, 6.45) is 3.94. The van der Waals surface area contributed by atoms with Gasteiger partial charge in [0.15, 0.2) is 0 Å². The highest BCUT2D eigenvalue weighted by atomic mass is 32.1. The molecule has 6 heterocycles. The Kier molecular flexibility index (Phi) is 5.39.